The summed E-state index contributed by atoms with van der Waals surface area (Å²) in [6.45, 7) is 0. The molecule has 0 atom stereocenters. The molecule has 0 aliphatic rings. The van der Waals surface area contributed by atoms with Gasteiger partial charge in [0.2, 0.25) is 0 Å². The molecule has 4 rings (SSSR count). The predicted octanol–water partition coefficient (Wildman–Crippen LogP) is 4.98. The van der Waals surface area contributed by atoms with Crippen molar-refractivity contribution in [3.05, 3.63) is 97.2 Å². The maximum atomic E-state index is 3.93. The van der Waals surface area contributed by atoms with E-state index in [2.05, 4.69) is 58.7 Å². The molecular formula is C20H16N2. The van der Waals surface area contributed by atoms with Gasteiger partial charge in [0.25, 0.3) is 0 Å². The minimum Gasteiger partial charge on any atom is -0.159 e. The first-order chi connectivity index (χ1) is 10.9. The van der Waals surface area contributed by atoms with Crippen LogP contribution in [0.5, 0.6) is 0 Å². The zero-order chi connectivity index (χ0) is 15.0. The molecule has 0 fully saturated rings. The SMILES string of the molecule is c1ccc(-c2ccccc2)cc1.c1ccc2nnccc2c1. The molecule has 0 aliphatic heterocycles. The van der Waals surface area contributed by atoms with Crippen molar-refractivity contribution in [3.63, 3.8) is 0 Å². The highest BCUT2D eigenvalue weighted by molar-refractivity contribution is 5.77. The van der Waals surface area contributed by atoms with Crippen molar-refractivity contribution < 1.29 is 0 Å². The lowest BCUT2D eigenvalue weighted by atomic mass is 10.1. The van der Waals surface area contributed by atoms with Crippen molar-refractivity contribution in [2.45, 2.75) is 0 Å². The van der Waals surface area contributed by atoms with Gasteiger partial charge in [0.1, 0.15) is 0 Å². The smallest absolute Gasteiger partial charge is 0.0929 e. The molecule has 0 aliphatic carbocycles. The molecule has 0 spiro atoms. The summed E-state index contributed by atoms with van der Waals surface area (Å²) in [5.41, 5.74) is 3.50. The fraction of sp³-hybridized carbons (Fsp3) is 0. The van der Waals surface area contributed by atoms with Crippen LogP contribution in [0.3, 0.4) is 0 Å². The van der Waals surface area contributed by atoms with Crippen molar-refractivity contribution in [2.75, 3.05) is 0 Å². The molecule has 2 heteroatoms. The highest BCUT2D eigenvalue weighted by Gasteiger charge is 1.91. The van der Waals surface area contributed by atoms with Crippen LogP contribution >= 0.6 is 0 Å². The monoisotopic (exact) mass is 284 g/mol. The van der Waals surface area contributed by atoms with E-state index < -0.39 is 0 Å². The average Bonchev–Trinajstić information content (AvgIpc) is 2.64. The number of rotatable bonds is 1. The fourth-order valence-electron chi connectivity index (χ4n) is 2.19. The van der Waals surface area contributed by atoms with Crippen molar-refractivity contribution in [1.29, 1.82) is 0 Å². The Bertz CT molecular complexity index is 724. The second kappa shape index (κ2) is 7.14. The highest BCUT2D eigenvalue weighted by atomic mass is 15.1. The first-order valence-corrected chi connectivity index (χ1v) is 7.20. The molecule has 2 nitrogen and oxygen atoms in total. The van der Waals surface area contributed by atoms with Gasteiger partial charge in [0, 0.05) is 5.39 Å². The Kier molecular flexibility index (Phi) is 4.53. The first kappa shape index (κ1) is 14.0. The lowest BCUT2D eigenvalue weighted by Crippen LogP contribution is -1.79. The summed E-state index contributed by atoms with van der Waals surface area (Å²) in [7, 11) is 0. The van der Waals surface area contributed by atoms with Crippen LogP contribution in [-0.4, -0.2) is 10.2 Å². The van der Waals surface area contributed by atoms with Gasteiger partial charge in [-0.05, 0) is 23.3 Å². The van der Waals surface area contributed by atoms with Gasteiger partial charge in [0.05, 0.1) is 11.7 Å². The first-order valence-electron chi connectivity index (χ1n) is 7.20. The summed E-state index contributed by atoms with van der Waals surface area (Å²) >= 11 is 0. The van der Waals surface area contributed by atoms with Crippen LogP contribution < -0.4 is 0 Å². The van der Waals surface area contributed by atoms with Gasteiger partial charge in [-0.15, -0.1) is 0 Å². The molecule has 0 saturated carbocycles. The lowest BCUT2D eigenvalue weighted by molar-refractivity contribution is 1.08. The molecule has 1 heterocycles. The van der Waals surface area contributed by atoms with E-state index >= 15 is 0 Å². The van der Waals surface area contributed by atoms with Gasteiger partial charge in [-0.2, -0.15) is 10.2 Å². The van der Waals surface area contributed by atoms with Gasteiger partial charge < -0.3 is 0 Å². The number of aromatic nitrogens is 2. The number of hydrogen-bond donors (Lipinski definition) is 0. The van der Waals surface area contributed by atoms with Gasteiger partial charge >= 0.3 is 0 Å². The Balaban J connectivity index is 0.000000133. The van der Waals surface area contributed by atoms with Crippen LogP contribution in [-0.2, 0) is 0 Å². The number of fused-ring (bicyclic) bond motifs is 1. The summed E-state index contributed by atoms with van der Waals surface area (Å²) in [6.07, 6.45) is 1.70. The summed E-state index contributed by atoms with van der Waals surface area (Å²) in [6, 6.07) is 30.6. The molecule has 4 aromatic rings. The largest absolute Gasteiger partial charge is 0.159 e. The van der Waals surface area contributed by atoms with E-state index in [1.165, 1.54) is 11.1 Å². The molecule has 1 aromatic heterocycles. The summed E-state index contributed by atoms with van der Waals surface area (Å²) in [4.78, 5) is 0. The minimum atomic E-state index is 0.949. The second-order valence-electron chi connectivity index (χ2n) is 4.82. The van der Waals surface area contributed by atoms with Gasteiger partial charge in [-0.1, -0.05) is 78.9 Å². The Morgan fingerprint density at radius 3 is 1.64 bits per heavy atom. The second-order valence-corrected chi connectivity index (χ2v) is 4.82. The van der Waals surface area contributed by atoms with E-state index in [0.29, 0.717) is 0 Å². The minimum absolute atomic E-state index is 0.949. The van der Waals surface area contributed by atoms with Crippen LogP contribution in [0.2, 0.25) is 0 Å². The van der Waals surface area contributed by atoms with Crippen molar-refractivity contribution in [2.24, 2.45) is 0 Å². The van der Waals surface area contributed by atoms with E-state index in [0.717, 1.165) is 10.9 Å². The third-order valence-corrected chi connectivity index (χ3v) is 3.30. The highest BCUT2D eigenvalue weighted by Crippen LogP contribution is 2.17. The molecule has 22 heavy (non-hydrogen) atoms. The quantitative estimate of drug-likeness (QED) is 0.492. The average molecular weight is 284 g/mol. The molecule has 0 amide bonds. The van der Waals surface area contributed by atoms with Crippen LogP contribution in [0.15, 0.2) is 97.2 Å². The van der Waals surface area contributed by atoms with Gasteiger partial charge in [0.15, 0.2) is 0 Å². The van der Waals surface area contributed by atoms with Crippen LogP contribution in [0, 0.1) is 0 Å². The lowest BCUT2D eigenvalue weighted by Gasteiger charge is -1.98. The van der Waals surface area contributed by atoms with E-state index in [-0.39, 0.29) is 0 Å². The number of benzene rings is 3. The van der Waals surface area contributed by atoms with Crippen molar-refractivity contribution >= 4 is 10.9 Å². The van der Waals surface area contributed by atoms with Crippen LogP contribution in [0.1, 0.15) is 0 Å². The van der Waals surface area contributed by atoms with E-state index in [4.69, 9.17) is 0 Å². The maximum Gasteiger partial charge on any atom is 0.0929 e. The topological polar surface area (TPSA) is 25.8 Å². The van der Waals surface area contributed by atoms with E-state index in [9.17, 15) is 0 Å². The molecule has 3 aromatic carbocycles. The molecule has 0 bridgehead atoms. The fourth-order valence-corrected chi connectivity index (χ4v) is 2.19. The Hall–Kier alpha value is -3.00. The molecule has 0 saturated heterocycles. The molecule has 0 unspecified atom stereocenters. The Morgan fingerprint density at radius 2 is 1.05 bits per heavy atom. The summed E-state index contributed by atoms with van der Waals surface area (Å²) in [5.74, 6) is 0. The molecular weight excluding hydrogens is 268 g/mol. The van der Waals surface area contributed by atoms with Gasteiger partial charge in [-0.25, -0.2) is 0 Å². The summed E-state index contributed by atoms with van der Waals surface area (Å²) in [5, 5.41) is 8.83. The third kappa shape index (κ3) is 3.55. The standard InChI is InChI=1S/C12H10.C8H6N2/c1-3-7-11(8-4-1)12-9-5-2-6-10-12;1-2-4-8-7(3-1)5-6-9-10-8/h1-10H;1-6H. The number of nitrogens with zero attached hydrogens (tertiary/aromatic N) is 2. The van der Waals surface area contributed by atoms with Gasteiger partial charge in [-0.3, -0.25) is 0 Å². The van der Waals surface area contributed by atoms with Crippen molar-refractivity contribution in [1.82, 2.24) is 10.2 Å². The maximum absolute atomic E-state index is 3.93. The normalized spacial score (nSPS) is 9.82. The van der Waals surface area contributed by atoms with E-state index in [1.807, 2.05) is 42.5 Å². The summed E-state index contributed by atoms with van der Waals surface area (Å²) < 4.78 is 0. The molecule has 0 radical (unpaired) electrons. The molecule has 0 N–H and O–H groups in total. The third-order valence-electron chi connectivity index (χ3n) is 3.30. The number of hydrogen-bond acceptors (Lipinski definition) is 2. The van der Waals surface area contributed by atoms with Crippen LogP contribution in [0.25, 0.3) is 22.0 Å². The Labute approximate surface area is 130 Å². The van der Waals surface area contributed by atoms with E-state index in [1.54, 1.807) is 6.20 Å². The Morgan fingerprint density at radius 1 is 0.500 bits per heavy atom. The zero-order valence-corrected chi connectivity index (χ0v) is 12.1. The zero-order valence-electron chi connectivity index (χ0n) is 12.1. The van der Waals surface area contributed by atoms with Crippen molar-refractivity contribution in [3.8, 4) is 11.1 Å². The predicted molar refractivity (Wildman–Crippen MR) is 91.4 cm³/mol. The molecule has 106 valence electrons. The van der Waals surface area contributed by atoms with Crippen LogP contribution in [0.4, 0.5) is 0 Å².